The number of hydrogen-bond acceptors (Lipinski definition) is 3. The Bertz CT molecular complexity index is 718. The Morgan fingerprint density at radius 3 is 2.96 bits per heavy atom. The quantitative estimate of drug-likeness (QED) is 0.935. The van der Waals surface area contributed by atoms with Crippen molar-refractivity contribution in [3.63, 3.8) is 0 Å². The van der Waals surface area contributed by atoms with Crippen LogP contribution in [0.4, 0.5) is 13.2 Å². The van der Waals surface area contributed by atoms with Crippen LogP contribution in [0.3, 0.4) is 0 Å². The van der Waals surface area contributed by atoms with Gasteiger partial charge in [-0.3, -0.25) is 14.2 Å². The summed E-state index contributed by atoms with van der Waals surface area (Å²) < 4.78 is 40.3. The molecular weight excluding hydrogens is 311 g/mol. The molecule has 0 spiro atoms. The lowest BCUT2D eigenvalue weighted by Gasteiger charge is -2.23. The second-order valence-electron chi connectivity index (χ2n) is 5.58. The predicted molar refractivity (Wildman–Crippen MR) is 74.3 cm³/mol. The van der Waals surface area contributed by atoms with Crippen molar-refractivity contribution >= 4 is 5.91 Å². The number of alkyl halides is 3. The Morgan fingerprint density at radius 2 is 2.26 bits per heavy atom. The molecular formula is C14H16F3N5O. The summed E-state index contributed by atoms with van der Waals surface area (Å²) >= 11 is 0. The number of carbonyl (C=O) groups excluding carboxylic acids is 1. The van der Waals surface area contributed by atoms with E-state index in [1.165, 1.54) is 0 Å². The van der Waals surface area contributed by atoms with Crippen LogP contribution in [-0.4, -0.2) is 25.5 Å². The molecule has 124 valence electrons. The minimum Gasteiger partial charge on any atom is -0.348 e. The van der Waals surface area contributed by atoms with Gasteiger partial charge in [0.1, 0.15) is 6.54 Å². The number of amides is 1. The molecule has 2 aromatic rings. The summed E-state index contributed by atoms with van der Waals surface area (Å²) in [7, 11) is 1.85. The molecule has 0 aliphatic heterocycles. The van der Waals surface area contributed by atoms with Crippen LogP contribution < -0.4 is 5.32 Å². The Labute approximate surface area is 130 Å². The molecule has 0 aromatic carbocycles. The minimum atomic E-state index is -4.50. The number of nitrogens with one attached hydrogen (secondary N) is 1. The summed E-state index contributed by atoms with van der Waals surface area (Å²) in [6, 6.07) is 0.699. The molecule has 1 N–H and O–H groups in total. The Balaban J connectivity index is 1.65. The van der Waals surface area contributed by atoms with E-state index >= 15 is 0 Å². The summed E-state index contributed by atoms with van der Waals surface area (Å²) in [6.45, 7) is -0.248. The van der Waals surface area contributed by atoms with Gasteiger partial charge in [-0.15, -0.1) is 0 Å². The van der Waals surface area contributed by atoms with E-state index < -0.39 is 11.9 Å². The average Bonchev–Trinajstić information content (AvgIpc) is 3.07. The standard InChI is InChI=1S/C14H16F3N5O/c1-21-11-4-2-3-10(9(11)7-18-21)19-13(23)8-22-6-5-12(20-22)14(15,16)17/h5-7,10H,2-4,8H2,1H3,(H,19,23)/t10-/m0/s1. The van der Waals surface area contributed by atoms with Crippen LogP contribution in [0.25, 0.3) is 0 Å². The van der Waals surface area contributed by atoms with Crippen LogP contribution in [0, 0.1) is 0 Å². The first-order valence-electron chi connectivity index (χ1n) is 7.25. The van der Waals surface area contributed by atoms with Gasteiger partial charge >= 0.3 is 6.18 Å². The Kier molecular flexibility index (Phi) is 3.87. The van der Waals surface area contributed by atoms with Gasteiger partial charge in [-0.1, -0.05) is 0 Å². The maximum atomic E-state index is 12.5. The third kappa shape index (κ3) is 3.22. The molecule has 2 heterocycles. The van der Waals surface area contributed by atoms with E-state index in [1.807, 2.05) is 7.05 Å². The van der Waals surface area contributed by atoms with Crippen LogP contribution >= 0.6 is 0 Å². The summed E-state index contributed by atoms with van der Waals surface area (Å²) in [4.78, 5) is 12.1. The smallest absolute Gasteiger partial charge is 0.348 e. The molecule has 2 aromatic heterocycles. The lowest BCUT2D eigenvalue weighted by Crippen LogP contribution is -2.33. The second kappa shape index (κ2) is 5.71. The molecule has 0 unspecified atom stereocenters. The van der Waals surface area contributed by atoms with Crippen molar-refractivity contribution in [2.45, 2.75) is 38.0 Å². The van der Waals surface area contributed by atoms with Crippen molar-refractivity contribution in [3.8, 4) is 0 Å². The van der Waals surface area contributed by atoms with Gasteiger partial charge in [0.15, 0.2) is 5.69 Å². The van der Waals surface area contributed by atoms with Crippen molar-refractivity contribution in [2.75, 3.05) is 0 Å². The minimum absolute atomic E-state index is 0.155. The molecule has 1 aliphatic rings. The lowest BCUT2D eigenvalue weighted by molar-refractivity contribution is -0.141. The van der Waals surface area contributed by atoms with E-state index in [-0.39, 0.29) is 18.5 Å². The van der Waals surface area contributed by atoms with Gasteiger partial charge < -0.3 is 5.32 Å². The van der Waals surface area contributed by atoms with E-state index in [0.29, 0.717) is 0 Å². The third-order valence-electron chi connectivity index (χ3n) is 3.95. The van der Waals surface area contributed by atoms with Gasteiger partial charge in [0, 0.05) is 24.5 Å². The van der Waals surface area contributed by atoms with E-state index in [4.69, 9.17) is 0 Å². The summed E-state index contributed by atoms with van der Waals surface area (Å²) in [5.74, 6) is -0.372. The molecule has 0 saturated heterocycles. The number of rotatable bonds is 3. The number of hydrogen-bond donors (Lipinski definition) is 1. The fourth-order valence-corrected chi connectivity index (χ4v) is 2.84. The molecule has 0 radical (unpaired) electrons. The number of aromatic nitrogens is 4. The zero-order chi connectivity index (χ0) is 16.6. The molecule has 1 amide bonds. The molecule has 23 heavy (non-hydrogen) atoms. The molecule has 9 heteroatoms. The SMILES string of the molecule is Cn1ncc2c1CCC[C@@H]2NC(=O)Cn1ccc(C(F)(F)F)n1. The molecule has 0 saturated carbocycles. The van der Waals surface area contributed by atoms with Gasteiger partial charge in [-0.05, 0) is 25.3 Å². The van der Waals surface area contributed by atoms with Crippen molar-refractivity contribution in [2.24, 2.45) is 7.05 Å². The first-order chi connectivity index (χ1) is 10.8. The Morgan fingerprint density at radius 1 is 1.48 bits per heavy atom. The maximum Gasteiger partial charge on any atom is 0.435 e. The van der Waals surface area contributed by atoms with E-state index in [2.05, 4.69) is 15.5 Å². The zero-order valence-electron chi connectivity index (χ0n) is 12.5. The molecule has 6 nitrogen and oxygen atoms in total. The zero-order valence-corrected chi connectivity index (χ0v) is 12.5. The van der Waals surface area contributed by atoms with Crippen LogP contribution in [0.15, 0.2) is 18.5 Å². The highest BCUT2D eigenvalue weighted by Crippen LogP contribution is 2.29. The van der Waals surface area contributed by atoms with Gasteiger partial charge in [0.2, 0.25) is 5.91 Å². The van der Waals surface area contributed by atoms with Crippen LogP contribution in [0.5, 0.6) is 0 Å². The molecule has 1 aliphatic carbocycles. The van der Waals surface area contributed by atoms with E-state index in [1.54, 1.807) is 10.9 Å². The third-order valence-corrected chi connectivity index (χ3v) is 3.95. The fourth-order valence-electron chi connectivity index (χ4n) is 2.84. The van der Waals surface area contributed by atoms with Gasteiger partial charge in [-0.25, -0.2) is 0 Å². The van der Waals surface area contributed by atoms with E-state index in [9.17, 15) is 18.0 Å². The van der Waals surface area contributed by atoms with E-state index in [0.717, 1.165) is 47.5 Å². The summed E-state index contributed by atoms with van der Waals surface area (Å²) in [5.41, 5.74) is 1.06. The largest absolute Gasteiger partial charge is 0.435 e. The number of nitrogens with zero attached hydrogens (tertiary/aromatic N) is 4. The number of fused-ring (bicyclic) bond motifs is 1. The lowest BCUT2D eigenvalue weighted by atomic mass is 9.93. The van der Waals surface area contributed by atoms with Crippen molar-refractivity contribution < 1.29 is 18.0 Å². The average molecular weight is 327 g/mol. The first kappa shape index (κ1) is 15.6. The van der Waals surface area contributed by atoms with Gasteiger partial charge in [-0.2, -0.15) is 23.4 Å². The summed E-state index contributed by atoms with van der Waals surface area (Å²) in [6.07, 6.45) is 1.00. The van der Waals surface area contributed by atoms with Crippen molar-refractivity contribution in [1.29, 1.82) is 0 Å². The van der Waals surface area contributed by atoms with Crippen LogP contribution in [-0.2, 0) is 31.0 Å². The fraction of sp³-hybridized carbons (Fsp3) is 0.500. The highest BCUT2D eigenvalue weighted by atomic mass is 19.4. The molecule has 0 fully saturated rings. The maximum absolute atomic E-state index is 12.5. The normalized spacial score (nSPS) is 17.8. The number of aryl methyl sites for hydroxylation is 1. The topological polar surface area (TPSA) is 64.7 Å². The molecule has 0 bridgehead atoms. The monoisotopic (exact) mass is 327 g/mol. The van der Waals surface area contributed by atoms with Gasteiger partial charge in [0.05, 0.1) is 12.2 Å². The molecule has 1 atom stereocenters. The molecule has 3 rings (SSSR count). The summed E-state index contributed by atoms with van der Waals surface area (Å²) in [5, 5.41) is 10.4. The van der Waals surface area contributed by atoms with Crippen molar-refractivity contribution in [3.05, 3.63) is 35.4 Å². The van der Waals surface area contributed by atoms with Crippen LogP contribution in [0.1, 0.15) is 35.8 Å². The van der Waals surface area contributed by atoms with Crippen molar-refractivity contribution in [1.82, 2.24) is 24.9 Å². The second-order valence-corrected chi connectivity index (χ2v) is 5.58. The van der Waals surface area contributed by atoms with Crippen LogP contribution in [0.2, 0.25) is 0 Å². The van der Waals surface area contributed by atoms with Gasteiger partial charge in [0.25, 0.3) is 0 Å². The first-order valence-corrected chi connectivity index (χ1v) is 7.25. The number of halogens is 3. The Hall–Kier alpha value is -2.32. The highest BCUT2D eigenvalue weighted by Gasteiger charge is 2.33. The highest BCUT2D eigenvalue weighted by molar-refractivity contribution is 5.76. The number of carbonyl (C=O) groups is 1. The predicted octanol–water partition coefficient (Wildman–Crippen LogP) is 1.83.